The van der Waals surface area contributed by atoms with Gasteiger partial charge in [0.25, 0.3) is 0 Å². The molecule has 0 aliphatic heterocycles. The van der Waals surface area contributed by atoms with Crippen molar-refractivity contribution in [1.82, 2.24) is 0 Å². The highest BCUT2D eigenvalue weighted by molar-refractivity contribution is 7.59. The van der Waals surface area contributed by atoms with E-state index in [0.29, 0.717) is 0 Å². The second-order valence-electron chi connectivity index (χ2n) is 2.19. The smallest absolute Gasteiger partial charge is 0.335 e. The number of rotatable bonds is 2. The topological polar surface area (TPSA) is 74.6 Å². The standard InChI is InChI=1S/C8H6O4.H2S/c9-7(10)5-1-2-6(4-3-5)8(11)12;/h1-4H,(H,9,10)(H,11,12);1H2. The fraction of sp³-hybridized carbons (Fsp3) is 0. The van der Waals surface area contributed by atoms with E-state index in [0.717, 1.165) is 0 Å². The van der Waals surface area contributed by atoms with Crippen LogP contribution >= 0.6 is 13.5 Å². The van der Waals surface area contributed by atoms with Gasteiger partial charge >= 0.3 is 11.9 Å². The second kappa shape index (κ2) is 4.51. The Labute approximate surface area is 81.3 Å². The second-order valence-corrected chi connectivity index (χ2v) is 2.19. The van der Waals surface area contributed by atoms with Crippen molar-refractivity contribution in [3.8, 4) is 0 Å². The largest absolute Gasteiger partial charge is 0.478 e. The van der Waals surface area contributed by atoms with E-state index in [1.165, 1.54) is 24.3 Å². The van der Waals surface area contributed by atoms with Crippen molar-refractivity contribution in [2.45, 2.75) is 0 Å². The maximum absolute atomic E-state index is 10.3. The highest BCUT2D eigenvalue weighted by Gasteiger charge is 2.04. The molecule has 4 nitrogen and oxygen atoms in total. The fourth-order valence-electron chi connectivity index (χ4n) is 0.755. The summed E-state index contributed by atoms with van der Waals surface area (Å²) in [4.78, 5) is 20.7. The number of carbonyl (C=O) groups is 2. The van der Waals surface area contributed by atoms with Crippen molar-refractivity contribution in [3.63, 3.8) is 0 Å². The average Bonchev–Trinajstić information content (AvgIpc) is 2.04. The van der Waals surface area contributed by atoms with E-state index in [1.54, 1.807) is 0 Å². The van der Waals surface area contributed by atoms with Gasteiger partial charge in [-0.3, -0.25) is 0 Å². The maximum atomic E-state index is 10.3. The van der Waals surface area contributed by atoms with Gasteiger partial charge in [-0.05, 0) is 24.3 Å². The van der Waals surface area contributed by atoms with Gasteiger partial charge in [0.05, 0.1) is 11.1 Å². The molecule has 1 aromatic rings. The Bertz CT molecular complexity index is 284. The number of carboxylic acids is 2. The molecule has 0 bridgehead atoms. The van der Waals surface area contributed by atoms with E-state index in [4.69, 9.17) is 10.2 Å². The minimum Gasteiger partial charge on any atom is -0.478 e. The lowest BCUT2D eigenvalue weighted by atomic mass is 10.1. The van der Waals surface area contributed by atoms with Crippen molar-refractivity contribution >= 4 is 25.4 Å². The number of hydrogen-bond acceptors (Lipinski definition) is 2. The van der Waals surface area contributed by atoms with Gasteiger partial charge in [-0.25, -0.2) is 9.59 Å². The van der Waals surface area contributed by atoms with Gasteiger partial charge in [0.15, 0.2) is 0 Å². The fourth-order valence-corrected chi connectivity index (χ4v) is 0.755. The molecule has 0 amide bonds. The first-order valence-corrected chi connectivity index (χ1v) is 3.18. The summed E-state index contributed by atoms with van der Waals surface area (Å²) >= 11 is 0. The molecule has 2 N–H and O–H groups in total. The van der Waals surface area contributed by atoms with Gasteiger partial charge in [-0.1, -0.05) is 0 Å². The van der Waals surface area contributed by atoms with E-state index >= 15 is 0 Å². The summed E-state index contributed by atoms with van der Waals surface area (Å²) < 4.78 is 0. The minimum absolute atomic E-state index is 0. The average molecular weight is 200 g/mol. The third kappa shape index (κ3) is 2.79. The van der Waals surface area contributed by atoms with E-state index in [2.05, 4.69) is 0 Å². The van der Waals surface area contributed by atoms with Crippen LogP contribution in [0.25, 0.3) is 0 Å². The summed E-state index contributed by atoms with van der Waals surface area (Å²) in [6.45, 7) is 0. The van der Waals surface area contributed by atoms with E-state index in [1.807, 2.05) is 0 Å². The molecule has 13 heavy (non-hydrogen) atoms. The summed E-state index contributed by atoms with van der Waals surface area (Å²) in [6, 6.07) is 5.02. The SMILES string of the molecule is O=C(O)c1ccc(C(=O)O)cc1.S. The molecule has 1 rings (SSSR count). The van der Waals surface area contributed by atoms with Crippen LogP contribution in [-0.4, -0.2) is 22.2 Å². The van der Waals surface area contributed by atoms with Crippen LogP contribution in [0.3, 0.4) is 0 Å². The molecule has 0 unspecified atom stereocenters. The van der Waals surface area contributed by atoms with Crippen LogP contribution in [0, 0.1) is 0 Å². The Morgan fingerprint density at radius 2 is 1.08 bits per heavy atom. The molecule has 0 saturated carbocycles. The van der Waals surface area contributed by atoms with Crippen molar-refractivity contribution in [1.29, 1.82) is 0 Å². The minimum atomic E-state index is -1.06. The van der Waals surface area contributed by atoms with Crippen LogP contribution in [0.15, 0.2) is 24.3 Å². The molecule has 0 spiro atoms. The zero-order chi connectivity index (χ0) is 9.14. The summed E-state index contributed by atoms with van der Waals surface area (Å²) in [7, 11) is 0. The van der Waals surface area contributed by atoms with Crippen LogP contribution in [-0.2, 0) is 0 Å². The molecule has 0 saturated heterocycles. The lowest BCUT2D eigenvalue weighted by Gasteiger charge is -1.94. The first-order chi connectivity index (χ1) is 5.61. The molecule has 0 aromatic heterocycles. The lowest BCUT2D eigenvalue weighted by Crippen LogP contribution is -1.99. The monoisotopic (exact) mass is 200 g/mol. The van der Waals surface area contributed by atoms with Gasteiger partial charge < -0.3 is 10.2 Å². The molecule has 0 aliphatic rings. The van der Waals surface area contributed by atoms with Gasteiger partial charge in [0, 0.05) is 0 Å². The van der Waals surface area contributed by atoms with E-state index in [-0.39, 0.29) is 24.6 Å². The lowest BCUT2D eigenvalue weighted by molar-refractivity contribution is 0.0681. The zero-order valence-electron chi connectivity index (χ0n) is 6.52. The number of carboxylic acid groups (broad SMARTS) is 2. The summed E-state index contributed by atoms with van der Waals surface area (Å²) in [5.41, 5.74) is 0.167. The molecular weight excluding hydrogens is 192 g/mol. The Morgan fingerprint density at radius 1 is 0.846 bits per heavy atom. The quantitative estimate of drug-likeness (QED) is 0.752. The third-order valence-electron chi connectivity index (χ3n) is 1.38. The van der Waals surface area contributed by atoms with Crippen molar-refractivity contribution in [3.05, 3.63) is 35.4 Å². The number of hydrogen-bond donors (Lipinski definition) is 2. The predicted octanol–water partition coefficient (Wildman–Crippen LogP) is 1.20. The Morgan fingerprint density at radius 3 is 1.23 bits per heavy atom. The Hall–Kier alpha value is -1.49. The molecule has 5 heteroatoms. The molecule has 1 aromatic carbocycles. The normalized spacial score (nSPS) is 8.62. The molecule has 0 heterocycles. The van der Waals surface area contributed by atoms with Crippen LogP contribution in [0.1, 0.15) is 20.7 Å². The van der Waals surface area contributed by atoms with Gasteiger partial charge in [-0.15, -0.1) is 0 Å². The summed E-state index contributed by atoms with van der Waals surface area (Å²) in [6.07, 6.45) is 0. The number of benzene rings is 1. The number of aromatic carboxylic acids is 2. The maximum Gasteiger partial charge on any atom is 0.335 e. The first kappa shape index (κ1) is 11.5. The van der Waals surface area contributed by atoms with Gasteiger partial charge in [-0.2, -0.15) is 13.5 Å². The molecule has 70 valence electrons. The molecular formula is C8H8O4S. The highest BCUT2D eigenvalue weighted by Crippen LogP contribution is 2.03. The highest BCUT2D eigenvalue weighted by atomic mass is 32.1. The predicted molar refractivity (Wildman–Crippen MR) is 50.7 cm³/mol. The first-order valence-electron chi connectivity index (χ1n) is 3.18. The molecule has 0 aliphatic carbocycles. The summed E-state index contributed by atoms with van der Waals surface area (Å²) in [5.74, 6) is -2.13. The van der Waals surface area contributed by atoms with Crippen LogP contribution < -0.4 is 0 Å². The zero-order valence-corrected chi connectivity index (χ0v) is 7.52. The van der Waals surface area contributed by atoms with Crippen LogP contribution in [0.5, 0.6) is 0 Å². The molecule has 0 radical (unpaired) electrons. The van der Waals surface area contributed by atoms with Crippen LogP contribution in [0.4, 0.5) is 0 Å². The van der Waals surface area contributed by atoms with Crippen molar-refractivity contribution in [2.24, 2.45) is 0 Å². The van der Waals surface area contributed by atoms with E-state index < -0.39 is 11.9 Å². The summed E-state index contributed by atoms with van der Waals surface area (Å²) in [5, 5.41) is 16.9. The van der Waals surface area contributed by atoms with Gasteiger partial charge in [0.1, 0.15) is 0 Å². The molecule has 0 atom stereocenters. The van der Waals surface area contributed by atoms with Crippen molar-refractivity contribution in [2.75, 3.05) is 0 Å². The molecule has 0 fully saturated rings. The third-order valence-corrected chi connectivity index (χ3v) is 1.38. The van der Waals surface area contributed by atoms with Gasteiger partial charge in [0.2, 0.25) is 0 Å². The Balaban J connectivity index is 0.00000144. The van der Waals surface area contributed by atoms with Crippen molar-refractivity contribution < 1.29 is 19.8 Å². The van der Waals surface area contributed by atoms with E-state index in [9.17, 15) is 9.59 Å². The Kier molecular flexibility index (Phi) is 4.00. The van der Waals surface area contributed by atoms with Crippen LogP contribution in [0.2, 0.25) is 0 Å².